The summed E-state index contributed by atoms with van der Waals surface area (Å²) in [6.45, 7) is 10.2. The number of methoxy groups -OCH3 is 1. The number of unbranched alkanes of at least 4 members (excludes halogenated alkanes) is 2. The van der Waals surface area contributed by atoms with Crippen LogP contribution in [0.5, 0.6) is 5.75 Å². The van der Waals surface area contributed by atoms with Crippen molar-refractivity contribution in [3.8, 4) is 5.75 Å². The first-order chi connectivity index (χ1) is 21.8. The first-order valence-electron chi connectivity index (χ1n) is 17.3. The van der Waals surface area contributed by atoms with Gasteiger partial charge in [0.1, 0.15) is 5.75 Å². The van der Waals surface area contributed by atoms with E-state index in [1.807, 2.05) is 0 Å². The first kappa shape index (κ1) is 36.8. The van der Waals surface area contributed by atoms with Crippen LogP contribution in [0, 0.1) is 29.6 Å². The third-order valence-corrected chi connectivity index (χ3v) is 9.90. The number of aryl methyl sites for hydroxylation is 1. The summed E-state index contributed by atoms with van der Waals surface area (Å²) >= 11 is 0. The van der Waals surface area contributed by atoms with Gasteiger partial charge in [0, 0.05) is 13.0 Å². The highest BCUT2D eigenvalue weighted by atomic mass is 16.5. The highest BCUT2D eigenvalue weighted by molar-refractivity contribution is 5.88. The molecule has 0 aromatic heterocycles. The number of rotatable bonds is 20. The second kappa shape index (κ2) is 20.5. The van der Waals surface area contributed by atoms with E-state index in [4.69, 9.17) is 24.1 Å². The molecule has 2 aliphatic rings. The number of ether oxygens (including phenoxy) is 4. The molecule has 252 valence electrons. The van der Waals surface area contributed by atoms with Gasteiger partial charge in [0.15, 0.2) is 0 Å². The summed E-state index contributed by atoms with van der Waals surface area (Å²) in [5, 5.41) is 9.16. The monoisotopic (exact) mass is 626 g/mol. The molecule has 7 heteroatoms. The van der Waals surface area contributed by atoms with E-state index in [0.717, 1.165) is 43.5 Å². The van der Waals surface area contributed by atoms with Crippen LogP contribution in [0.25, 0.3) is 0 Å². The van der Waals surface area contributed by atoms with Crippen molar-refractivity contribution in [2.24, 2.45) is 29.6 Å². The molecule has 3 rings (SSSR count). The van der Waals surface area contributed by atoms with Crippen molar-refractivity contribution < 1.29 is 33.6 Å². The van der Waals surface area contributed by atoms with Gasteiger partial charge in [0.05, 0.1) is 44.2 Å². The number of benzene rings is 1. The van der Waals surface area contributed by atoms with Gasteiger partial charge in [-0.1, -0.05) is 57.9 Å². The maximum absolute atomic E-state index is 12.2. The second-order valence-corrected chi connectivity index (χ2v) is 13.4. The number of hydrogen-bond acceptors (Lipinski definition) is 7. The van der Waals surface area contributed by atoms with Gasteiger partial charge in [-0.3, -0.25) is 0 Å². The highest BCUT2D eigenvalue weighted by Crippen LogP contribution is 2.42. The standard InChI is InChI=1S/C38H58O7/c1-5-6-7-8-30-15-21-36(22-16-30)43-25-32-13-19-35(20-14-32)34-17-11-31(12-18-34)9-10-33(26-44-37(40)28(2)23-39)27-45-38(41)29(3)24-42-4/h15-16,21-22,31-35,39H,2-3,5-14,17-20,23-27H2,1,4H3. The van der Waals surface area contributed by atoms with E-state index >= 15 is 0 Å². The molecule has 0 saturated heterocycles. The van der Waals surface area contributed by atoms with Crippen molar-refractivity contribution in [1.82, 2.24) is 0 Å². The van der Waals surface area contributed by atoms with Crippen molar-refractivity contribution in [3.05, 3.63) is 54.1 Å². The predicted molar refractivity (Wildman–Crippen MR) is 178 cm³/mol. The lowest BCUT2D eigenvalue weighted by Gasteiger charge is -2.38. The van der Waals surface area contributed by atoms with Crippen LogP contribution in [-0.2, 0) is 30.2 Å². The number of carbonyl (C=O) groups is 2. The summed E-state index contributed by atoms with van der Waals surface area (Å²) in [5.74, 6) is 2.69. The highest BCUT2D eigenvalue weighted by Gasteiger charge is 2.31. The molecular formula is C38H58O7. The van der Waals surface area contributed by atoms with E-state index < -0.39 is 18.5 Å². The Hall–Kier alpha value is -2.64. The van der Waals surface area contributed by atoms with Crippen molar-refractivity contribution in [2.75, 3.05) is 40.1 Å². The summed E-state index contributed by atoms with van der Waals surface area (Å²) in [6.07, 6.45) is 16.9. The van der Waals surface area contributed by atoms with E-state index in [1.54, 1.807) is 0 Å². The largest absolute Gasteiger partial charge is 0.493 e. The van der Waals surface area contributed by atoms with Crippen LogP contribution in [0.15, 0.2) is 48.6 Å². The van der Waals surface area contributed by atoms with Crippen LogP contribution in [0.3, 0.4) is 0 Å². The van der Waals surface area contributed by atoms with Crippen molar-refractivity contribution >= 4 is 11.9 Å². The molecule has 2 saturated carbocycles. The minimum atomic E-state index is -0.619. The van der Waals surface area contributed by atoms with Gasteiger partial charge in [0.25, 0.3) is 0 Å². The minimum absolute atomic E-state index is 0.0156. The molecular weight excluding hydrogens is 568 g/mol. The molecule has 1 atom stereocenters. The molecule has 0 heterocycles. The first-order valence-corrected chi connectivity index (χ1v) is 17.3. The van der Waals surface area contributed by atoms with Gasteiger partial charge in [-0.2, -0.15) is 0 Å². The Balaban J connectivity index is 1.35. The van der Waals surface area contributed by atoms with Gasteiger partial charge in [-0.25, -0.2) is 9.59 Å². The fourth-order valence-electron chi connectivity index (χ4n) is 6.90. The molecule has 0 aliphatic heterocycles. The van der Waals surface area contributed by atoms with Crippen LogP contribution in [0.1, 0.15) is 96.0 Å². The Bertz CT molecular complexity index is 1030. The lowest BCUT2D eigenvalue weighted by Crippen LogP contribution is -2.28. The summed E-state index contributed by atoms with van der Waals surface area (Å²) in [5.41, 5.74) is 1.68. The maximum atomic E-state index is 12.2. The Labute approximate surface area is 271 Å². The van der Waals surface area contributed by atoms with Crippen molar-refractivity contribution in [3.63, 3.8) is 0 Å². The quantitative estimate of drug-likeness (QED) is 0.0903. The summed E-state index contributed by atoms with van der Waals surface area (Å²) in [6, 6.07) is 8.72. The maximum Gasteiger partial charge on any atom is 0.335 e. The summed E-state index contributed by atoms with van der Waals surface area (Å²) in [7, 11) is 1.50. The van der Waals surface area contributed by atoms with Crippen LogP contribution in [0.2, 0.25) is 0 Å². The minimum Gasteiger partial charge on any atom is -0.493 e. The van der Waals surface area contributed by atoms with Crippen LogP contribution in [-0.4, -0.2) is 57.2 Å². The Morgan fingerprint density at radius 1 is 0.844 bits per heavy atom. The fraction of sp³-hybridized carbons (Fsp3) is 0.684. The molecule has 2 aliphatic carbocycles. The molecule has 0 bridgehead atoms. The van der Waals surface area contributed by atoms with E-state index in [2.05, 4.69) is 44.3 Å². The third kappa shape index (κ3) is 13.3. The van der Waals surface area contributed by atoms with Gasteiger partial charge in [-0.15, -0.1) is 0 Å². The number of hydrogen-bond donors (Lipinski definition) is 1. The van der Waals surface area contributed by atoms with E-state index in [1.165, 1.54) is 83.3 Å². The topological polar surface area (TPSA) is 91.3 Å². The van der Waals surface area contributed by atoms with E-state index in [0.29, 0.717) is 11.8 Å². The van der Waals surface area contributed by atoms with Gasteiger partial charge < -0.3 is 24.1 Å². The average molecular weight is 627 g/mol. The van der Waals surface area contributed by atoms with Gasteiger partial charge >= 0.3 is 11.9 Å². The third-order valence-electron chi connectivity index (χ3n) is 9.90. The molecule has 2 fully saturated rings. The number of aliphatic hydroxyl groups is 1. The van der Waals surface area contributed by atoms with Crippen molar-refractivity contribution in [1.29, 1.82) is 0 Å². The number of aliphatic hydroxyl groups excluding tert-OH is 1. The molecule has 1 unspecified atom stereocenters. The Morgan fingerprint density at radius 3 is 1.98 bits per heavy atom. The lowest BCUT2D eigenvalue weighted by molar-refractivity contribution is -0.145. The normalized spacial score (nSPS) is 22.3. The van der Waals surface area contributed by atoms with Gasteiger partial charge in [-0.05, 0) is 106 Å². The molecule has 45 heavy (non-hydrogen) atoms. The smallest absolute Gasteiger partial charge is 0.335 e. The molecule has 1 aromatic rings. The zero-order valence-electron chi connectivity index (χ0n) is 27.9. The zero-order chi connectivity index (χ0) is 32.4. The number of carbonyl (C=O) groups excluding carboxylic acids is 2. The van der Waals surface area contributed by atoms with E-state index in [-0.39, 0.29) is 36.9 Å². The molecule has 0 spiro atoms. The van der Waals surface area contributed by atoms with E-state index in [9.17, 15) is 9.59 Å². The van der Waals surface area contributed by atoms with Crippen molar-refractivity contribution in [2.45, 2.75) is 96.8 Å². The predicted octanol–water partition coefficient (Wildman–Crippen LogP) is 7.64. The summed E-state index contributed by atoms with van der Waals surface area (Å²) in [4.78, 5) is 24.3. The lowest BCUT2D eigenvalue weighted by atomic mass is 9.68. The molecule has 0 amide bonds. The second-order valence-electron chi connectivity index (χ2n) is 13.4. The average Bonchev–Trinajstić information content (AvgIpc) is 3.07. The van der Waals surface area contributed by atoms with Crippen LogP contribution >= 0.6 is 0 Å². The van der Waals surface area contributed by atoms with Gasteiger partial charge in [0.2, 0.25) is 0 Å². The zero-order valence-corrected chi connectivity index (χ0v) is 27.9. The molecule has 0 radical (unpaired) electrons. The SMILES string of the molecule is C=C(CO)C(=O)OCC(CCC1CCC(C2CCC(COc3ccc(CCCCC)cc3)CC2)CC1)COC(=O)C(=C)COC. The molecule has 1 aromatic carbocycles. The Kier molecular flexibility index (Phi) is 16.8. The molecule has 7 nitrogen and oxygen atoms in total. The summed E-state index contributed by atoms with van der Waals surface area (Å²) < 4.78 is 22.0. The fourth-order valence-corrected chi connectivity index (χ4v) is 6.90. The van der Waals surface area contributed by atoms with Crippen LogP contribution in [0.4, 0.5) is 0 Å². The Morgan fingerprint density at radius 2 is 1.42 bits per heavy atom. The number of esters is 2. The van der Waals surface area contributed by atoms with Crippen LogP contribution < -0.4 is 4.74 Å². The molecule has 1 N–H and O–H groups in total.